The van der Waals surface area contributed by atoms with E-state index in [-0.39, 0.29) is 19.1 Å². The number of alkyl halides is 1. The quantitative estimate of drug-likeness (QED) is 0.523. The topological polar surface area (TPSA) is 70.2 Å². The van der Waals surface area contributed by atoms with E-state index >= 15 is 0 Å². The SMILES string of the molecule is COCC(F)Cn1ccnc1[N+](=O)[O-]. The molecule has 0 spiro atoms. The van der Waals surface area contributed by atoms with Crippen molar-refractivity contribution in [2.24, 2.45) is 0 Å². The number of nitro groups is 1. The fourth-order valence-corrected chi connectivity index (χ4v) is 1.06. The lowest BCUT2D eigenvalue weighted by Crippen LogP contribution is -2.17. The van der Waals surface area contributed by atoms with Crippen LogP contribution < -0.4 is 0 Å². The van der Waals surface area contributed by atoms with Gasteiger partial charge in [-0.2, -0.15) is 0 Å². The van der Waals surface area contributed by atoms with Crippen LogP contribution in [-0.4, -0.2) is 34.4 Å². The van der Waals surface area contributed by atoms with Crippen LogP contribution in [0.5, 0.6) is 0 Å². The Labute approximate surface area is 79.5 Å². The molecule has 0 saturated carbocycles. The number of aromatic nitrogens is 2. The third-order valence-corrected chi connectivity index (χ3v) is 1.60. The van der Waals surface area contributed by atoms with E-state index in [1.165, 1.54) is 19.5 Å². The first-order valence-corrected chi connectivity index (χ1v) is 3.93. The molecule has 0 fully saturated rings. The van der Waals surface area contributed by atoms with Crippen molar-refractivity contribution in [2.75, 3.05) is 13.7 Å². The van der Waals surface area contributed by atoms with Crippen LogP contribution >= 0.6 is 0 Å². The van der Waals surface area contributed by atoms with Crippen LogP contribution in [0.1, 0.15) is 0 Å². The van der Waals surface area contributed by atoms with Crippen molar-refractivity contribution in [3.63, 3.8) is 0 Å². The monoisotopic (exact) mass is 203 g/mol. The highest BCUT2D eigenvalue weighted by atomic mass is 19.1. The van der Waals surface area contributed by atoms with Crippen LogP contribution in [-0.2, 0) is 11.3 Å². The number of methoxy groups -OCH3 is 1. The van der Waals surface area contributed by atoms with Crippen molar-refractivity contribution in [3.8, 4) is 0 Å². The first-order chi connectivity index (χ1) is 6.65. The molecule has 0 aliphatic rings. The van der Waals surface area contributed by atoms with Gasteiger partial charge < -0.3 is 14.9 Å². The van der Waals surface area contributed by atoms with Gasteiger partial charge in [0.25, 0.3) is 0 Å². The molecule has 0 aliphatic carbocycles. The molecule has 0 saturated heterocycles. The van der Waals surface area contributed by atoms with Crippen LogP contribution in [0.3, 0.4) is 0 Å². The maximum atomic E-state index is 13.0. The molecule has 0 radical (unpaired) electrons. The fraction of sp³-hybridized carbons (Fsp3) is 0.571. The first kappa shape index (κ1) is 10.6. The third-order valence-electron chi connectivity index (χ3n) is 1.60. The molecule has 0 bridgehead atoms. The van der Waals surface area contributed by atoms with Crippen LogP contribution in [0.25, 0.3) is 0 Å². The zero-order valence-electron chi connectivity index (χ0n) is 7.59. The summed E-state index contributed by atoms with van der Waals surface area (Å²) in [6.07, 6.45) is 1.35. The molecule has 1 aromatic rings. The van der Waals surface area contributed by atoms with Crippen molar-refractivity contribution < 1.29 is 14.1 Å². The van der Waals surface area contributed by atoms with Gasteiger partial charge in [0.2, 0.25) is 0 Å². The average Bonchev–Trinajstić information content (AvgIpc) is 2.52. The summed E-state index contributed by atoms with van der Waals surface area (Å²) in [4.78, 5) is 13.2. The molecule has 6 nitrogen and oxygen atoms in total. The Hall–Kier alpha value is -1.50. The maximum absolute atomic E-state index is 13.0. The zero-order chi connectivity index (χ0) is 10.6. The molecule has 1 atom stereocenters. The predicted molar refractivity (Wildman–Crippen MR) is 45.7 cm³/mol. The van der Waals surface area contributed by atoms with Crippen molar-refractivity contribution in [3.05, 3.63) is 22.5 Å². The lowest BCUT2D eigenvalue weighted by Gasteiger charge is -2.05. The van der Waals surface area contributed by atoms with E-state index in [0.717, 1.165) is 4.57 Å². The molecule has 1 rings (SSSR count). The molecule has 0 aromatic carbocycles. The Kier molecular flexibility index (Phi) is 3.52. The number of rotatable bonds is 5. The molecular formula is C7H10FN3O3. The normalized spacial score (nSPS) is 12.7. The lowest BCUT2D eigenvalue weighted by molar-refractivity contribution is -0.396. The molecule has 14 heavy (non-hydrogen) atoms. The van der Waals surface area contributed by atoms with Crippen LogP contribution in [0.4, 0.5) is 10.3 Å². The molecular weight excluding hydrogens is 193 g/mol. The lowest BCUT2D eigenvalue weighted by atomic mass is 10.4. The standard InChI is InChI=1S/C7H10FN3O3/c1-14-5-6(8)4-10-3-2-9-7(10)11(12)13/h2-3,6H,4-5H2,1H3. The summed E-state index contributed by atoms with van der Waals surface area (Å²) in [5.41, 5.74) is 0. The highest BCUT2D eigenvalue weighted by Crippen LogP contribution is 2.09. The average molecular weight is 203 g/mol. The molecule has 78 valence electrons. The van der Waals surface area contributed by atoms with Crippen molar-refractivity contribution in [1.82, 2.24) is 9.55 Å². The van der Waals surface area contributed by atoms with Gasteiger partial charge >= 0.3 is 5.95 Å². The smallest absolute Gasteiger partial charge is 0.390 e. The van der Waals surface area contributed by atoms with E-state index in [1.807, 2.05) is 0 Å². The van der Waals surface area contributed by atoms with E-state index in [1.54, 1.807) is 0 Å². The minimum Gasteiger partial charge on any atom is -0.390 e. The maximum Gasteiger partial charge on any atom is 0.434 e. The fourth-order valence-electron chi connectivity index (χ4n) is 1.06. The Balaban J connectivity index is 2.66. The molecule has 0 aliphatic heterocycles. The Morgan fingerprint density at radius 1 is 1.86 bits per heavy atom. The van der Waals surface area contributed by atoms with Crippen LogP contribution in [0.2, 0.25) is 0 Å². The van der Waals surface area contributed by atoms with E-state index in [4.69, 9.17) is 0 Å². The van der Waals surface area contributed by atoms with E-state index in [9.17, 15) is 14.5 Å². The number of halogens is 1. The molecule has 1 heterocycles. The van der Waals surface area contributed by atoms with Crippen molar-refractivity contribution in [2.45, 2.75) is 12.7 Å². The van der Waals surface area contributed by atoms with Gasteiger partial charge in [0.05, 0.1) is 6.61 Å². The van der Waals surface area contributed by atoms with Gasteiger partial charge in [0.15, 0.2) is 6.17 Å². The van der Waals surface area contributed by atoms with Gasteiger partial charge in [-0.25, -0.2) is 8.96 Å². The van der Waals surface area contributed by atoms with E-state index in [0.29, 0.717) is 0 Å². The van der Waals surface area contributed by atoms with Gasteiger partial charge in [-0.05, 0) is 4.92 Å². The predicted octanol–water partition coefficient (Wildman–Crippen LogP) is 0.776. The molecule has 0 N–H and O–H groups in total. The highest BCUT2D eigenvalue weighted by molar-refractivity contribution is 5.06. The van der Waals surface area contributed by atoms with Gasteiger partial charge in [-0.1, -0.05) is 4.98 Å². The van der Waals surface area contributed by atoms with Crippen molar-refractivity contribution >= 4 is 5.95 Å². The summed E-state index contributed by atoms with van der Waals surface area (Å²) in [6, 6.07) is 0. The summed E-state index contributed by atoms with van der Waals surface area (Å²) < 4.78 is 18.7. The minimum absolute atomic E-state index is 0.0880. The first-order valence-electron chi connectivity index (χ1n) is 3.93. The van der Waals surface area contributed by atoms with Crippen molar-refractivity contribution in [1.29, 1.82) is 0 Å². The summed E-state index contributed by atoms with van der Waals surface area (Å²) >= 11 is 0. The summed E-state index contributed by atoms with van der Waals surface area (Å²) in [5.74, 6) is -0.358. The second-order valence-corrected chi connectivity index (χ2v) is 2.69. The number of hydrogen-bond donors (Lipinski definition) is 0. The Bertz CT molecular complexity index is 315. The Morgan fingerprint density at radius 3 is 3.14 bits per heavy atom. The second-order valence-electron chi connectivity index (χ2n) is 2.69. The van der Waals surface area contributed by atoms with Gasteiger partial charge in [-0.3, -0.25) is 0 Å². The van der Waals surface area contributed by atoms with E-state index < -0.39 is 11.1 Å². The molecule has 0 amide bonds. The number of nitrogens with zero attached hydrogens (tertiary/aromatic N) is 3. The molecule has 1 unspecified atom stereocenters. The van der Waals surface area contributed by atoms with Gasteiger partial charge in [0, 0.05) is 7.11 Å². The molecule has 1 aromatic heterocycles. The molecule has 7 heteroatoms. The number of ether oxygens (including phenoxy) is 1. The van der Waals surface area contributed by atoms with E-state index in [2.05, 4.69) is 9.72 Å². The zero-order valence-corrected chi connectivity index (χ0v) is 7.59. The van der Waals surface area contributed by atoms with Gasteiger partial charge in [0.1, 0.15) is 18.9 Å². The van der Waals surface area contributed by atoms with Crippen LogP contribution in [0.15, 0.2) is 12.4 Å². The third kappa shape index (κ3) is 2.49. The summed E-state index contributed by atoms with van der Waals surface area (Å²) in [5, 5.41) is 10.4. The number of imidazole rings is 1. The summed E-state index contributed by atoms with van der Waals surface area (Å²) in [6.45, 7) is -0.209. The van der Waals surface area contributed by atoms with Crippen LogP contribution in [0, 0.1) is 10.1 Å². The summed E-state index contributed by atoms with van der Waals surface area (Å²) in [7, 11) is 1.37. The minimum atomic E-state index is -1.27. The number of hydrogen-bond acceptors (Lipinski definition) is 4. The second kappa shape index (κ2) is 4.66. The highest BCUT2D eigenvalue weighted by Gasteiger charge is 2.17. The van der Waals surface area contributed by atoms with Gasteiger partial charge in [-0.15, -0.1) is 0 Å². The largest absolute Gasteiger partial charge is 0.434 e. The Morgan fingerprint density at radius 2 is 2.57 bits per heavy atom.